The van der Waals surface area contributed by atoms with Gasteiger partial charge in [-0.05, 0) is 48.9 Å². The summed E-state index contributed by atoms with van der Waals surface area (Å²) in [6.07, 6.45) is 0. The van der Waals surface area contributed by atoms with Crippen LogP contribution in [0.3, 0.4) is 0 Å². The first-order valence-corrected chi connectivity index (χ1v) is 9.17. The van der Waals surface area contributed by atoms with E-state index in [4.69, 9.17) is 11.5 Å². The first-order chi connectivity index (χ1) is 14.9. The number of anilines is 4. The van der Waals surface area contributed by atoms with Crippen LogP contribution in [0.2, 0.25) is 0 Å². The van der Waals surface area contributed by atoms with E-state index in [9.17, 15) is 20.1 Å². The summed E-state index contributed by atoms with van der Waals surface area (Å²) < 4.78 is 0. The van der Waals surface area contributed by atoms with Crippen molar-refractivity contribution in [1.29, 1.82) is 10.5 Å². The van der Waals surface area contributed by atoms with Crippen LogP contribution in [0.4, 0.5) is 32.3 Å². The van der Waals surface area contributed by atoms with Crippen LogP contribution >= 0.6 is 0 Å². The van der Waals surface area contributed by atoms with Crippen LogP contribution in [0.5, 0.6) is 0 Å². The number of para-hydroxylation sites is 2. The number of nitrogens with zero attached hydrogens (tertiary/aromatic N) is 4. The summed E-state index contributed by atoms with van der Waals surface area (Å²) >= 11 is 0. The minimum atomic E-state index is -0.805. The lowest BCUT2D eigenvalue weighted by molar-refractivity contribution is 0.255. The van der Waals surface area contributed by atoms with E-state index >= 15 is 0 Å². The van der Waals surface area contributed by atoms with E-state index in [1.165, 1.54) is 9.80 Å². The van der Waals surface area contributed by atoms with Gasteiger partial charge in [0.05, 0.1) is 33.9 Å². The van der Waals surface area contributed by atoms with Crippen LogP contribution < -0.4 is 21.3 Å². The number of primary amides is 2. The van der Waals surface area contributed by atoms with Gasteiger partial charge in [0.15, 0.2) is 0 Å². The predicted molar refractivity (Wildman–Crippen MR) is 117 cm³/mol. The SMILES string of the molecule is Cc1ccc(N(C(N)=O)c2ccccc2C#N)cc1N(C(N)=O)c1ccccc1C#N. The quantitative estimate of drug-likeness (QED) is 0.666. The molecule has 0 aromatic heterocycles. The van der Waals surface area contributed by atoms with Crippen molar-refractivity contribution in [2.45, 2.75) is 6.92 Å². The third kappa shape index (κ3) is 4.00. The maximum atomic E-state index is 12.4. The lowest BCUT2D eigenvalue weighted by Crippen LogP contribution is -2.34. The number of nitriles is 2. The zero-order valence-electron chi connectivity index (χ0n) is 16.6. The fraction of sp³-hybridized carbons (Fsp3) is 0.0435. The first-order valence-electron chi connectivity index (χ1n) is 9.17. The van der Waals surface area contributed by atoms with E-state index < -0.39 is 12.1 Å². The van der Waals surface area contributed by atoms with Gasteiger partial charge in [-0.15, -0.1) is 0 Å². The molecule has 0 saturated carbocycles. The van der Waals surface area contributed by atoms with Gasteiger partial charge in [-0.2, -0.15) is 10.5 Å². The van der Waals surface area contributed by atoms with E-state index in [1.54, 1.807) is 73.7 Å². The van der Waals surface area contributed by atoms with Crippen molar-refractivity contribution in [1.82, 2.24) is 0 Å². The Morgan fingerprint density at radius 1 is 0.742 bits per heavy atom. The second-order valence-electron chi connectivity index (χ2n) is 6.58. The molecule has 31 heavy (non-hydrogen) atoms. The first kappa shape index (κ1) is 20.9. The van der Waals surface area contributed by atoms with Gasteiger partial charge >= 0.3 is 12.1 Å². The normalized spacial score (nSPS) is 9.90. The Labute approximate surface area is 179 Å². The molecule has 0 radical (unpaired) electrons. The Bertz CT molecular complexity index is 1260. The van der Waals surface area contributed by atoms with E-state index in [0.717, 1.165) is 0 Å². The van der Waals surface area contributed by atoms with Crippen molar-refractivity contribution in [3.05, 3.63) is 83.4 Å². The molecule has 4 N–H and O–H groups in total. The standard InChI is InChI=1S/C23H18N6O2/c1-15-10-11-18(28(22(26)30)19-8-4-2-6-16(19)13-24)12-21(15)29(23(27)31)20-9-5-3-7-17(20)14-25/h2-12H,1H3,(H2,26,30)(H2,27,31). The Morgan fingerprint density at radius 3 is 1.71 bits per heavy atom. The molecule has 3 aromatic carbocycles. The van der Waals surface area contributed by atoms with Crippen molar-refractivity contribution in [2.24, 2.45) is 11.5 Å². The highest BCUT2D eigenvalue weighted by molar-refractivity contribution is 6.03. The molecule has 8 heteroatoms. The zero-order chi connectivity index (χ0) is 22.5. The highest BCUT2D eigenvalue weighted by atomic mass is 16.2. The molecule has 0 heterocycles. The maximum absolute atomic E-state index is 12.4. The van der Waals surface area contributed by atoms with Crippen LogP contribution in [0, 0.1) is 29.6 Å². The minimum Gasteiger partial charge on any atom is -0.351 e. The van der Waals surface area contributed by atoms with E-state index in [0.29, 0.717) is 28.3 Å². The number of nitrogens with two attached hydrogens (primary N) is 2. The largest absolute Gasteiger partial charge is 0.351 e. The molecular weight excluding hydrogens is 392 g/mol. The monoisotopic (exact) mass is 410 g/mol. The molecule has 0 aliphatic carbocycles. The third-order valence-electron chi connectivity index (χ3n) is 4.66. The maximum Gasteiger partial charge on any atom is 0.323 e. The number of rotatable bonds is 4. The van der Waals surface area contributed by atoms with Gasteiger partial charge in [0.1, 0.15) is 12.1 Å². The molecule has 0 spiro atoms. The summed E-state index contributed by atoms with van der Waals surface area (Å²) in [6, 6.07) is 20.4. The van der Waals surface area contributed by atoms with E-state index in [1.807, 2.05) is 12.1 Å². The average molecular weight is 410 g/mol. The number of carbonyl (C=O) groups is 2. The van der Waals surface area contributed by atoms with Crippen molar-refractivity contribution in [3.63, 3.8) is 0 Å². The molecule has 3 aromatic rings. The number of urea groups is 2. The molecular formula is C23H18N6O2. The molecule has 0 saturated heterocycles. The highest BCUT2D eigenvalue weighted by Gasteiger charge is 2.24. The number of carbonyl (C=O) groups excluding carboxylic acids is 2. The van der Waals surface area contributed by atoms with Gasteiger partial charge < -0.3 is 11.5 Å². The molecule has 0 unspecified atom stereocenters. The number of aryl methyl sites for hydroxylation is 1. The van der Waals surface area contributed by atoms with Crippen LogP contribution in [0.1, 0.15) is 16.7 Å². The van der Waals surface area contributed by atoms with Crippen LogP contribution in [0.15, 0.2) is 66.7 Å². The second-order valence-corrected chi connectivity index (χ2v) is 6.58. The molecule has 0 fully saturated rings. The smallest absolute Gasteiger partial charge is 0.323 e. The fourth-order valence-corrected chi connectivity index (χ4v) is 3.26. The Kier molecular flexibility index (Phi) is 5.85. The zero-order valence-corrected chi connectivity index (χ0v) is 16.6. The summed E-state index contributed by atoms with van der Waals surface area (Å²) in [6.45, 7) is 1.77. The van der Waals surface area contributed by atoms with Crippen molar-refractivity contribution in [2.75, 3.05) is 9.80 Å². The molecule has 152 valence electrons. The Balaban J connectivity index is 2.23. The van der Waals surface area contributed by atoms with Gasteiger partial charge in [0.25, 0.3) is 0 Å². The number of benzene rings is 3. The summed E-state index contributed by atoms with van der Waals surface area (Å²) in [4.78, 5) is 27.1. The van der Waals surface area contributed by atoms with Crippen molar-refractivity contribution in [3.8, 4) is 12.1 Å². The predicted octanol–water partition coefficient (Wildman–Crippen LogP) is 4.17. The molecule has 0 aliphatic rings. The minimum absolute atomic E-state index is 0.255. The molecule has 0 bridgehead atoms. The molecule has 4 amide bonds. The van der Waals surface area contributed by atoms with Gasteiger partial charge in [-0.25, -0.2) is 9.59 Å². The summed E-state index contributed by atoms with van der Waals surface area (Å²) in [5.74, 6) is 0. The van der Waals surface area contributed by atoms with Crippen LogP contribution in [-0.4, -0.2) is 12.1 Å². The number of amides is 4. The lowest BCUT2D eigenvalue weighted by Gasteiger charge is -2.27. The topological polar surface area (TPSA) is 140 Å². The Hall–Kier alpha value is -4.82. The van der Waals surface area contributed by atoms with Gasteiger partial charge in [-0.3, -0.25) is 9.80 Å². The van der Waals surface area contributed by atoms with E-state index in [-0.39, 0.29) is 11.1 Å². The average Bonchev–Trinajstić information content (AvgIpc) is 2.76. The summed E-state index contributed by atoms with van der Waals surface area (Å²) in [5, 5.41) is 18.9. The lowest BCUT2D eigenvalue weighted by atomic mass is 10.1. The van der Waals surface area contributed by atoms with E-state index in [2.05, 4.69) is 0 Å². The number of hydrogen-bond acceptors (Lipinski definition) is 4. The van der Waals surface area contributed by atoms with Crippen molar-refractivity contribution >= 4 is 34.8 Å². The Morgan fingerprint density at radius 2 is 1.23 bits per heavy atom. The van der Waals surface area contributed by atoms with Crippen molar-refractivity contribution < 1.29 is 9.59 Å². The molecule has 3 rings (SSSR count). The fourth-order valence-electron chi connectivity index (χ4n) is 3.26. The van der Waals surface area contributed by atoms with Gasteiger partial charge in [0.2, 0.25) is 0 Å². The second kappa shape index (κ2) is 8.68. The summed E-state index contributed by atoms with van der Waals surface area (Å²) in [5.41, 5.74) is 13.8. The highest BCUT2D eigenvalue weighted by Crippen LogP contribution is 2.36. The van der Waals surface area contributed by atoms with Gasteiger partial charge in [-0.1, -0.05) is 30.3 Å². The van der Waals surface area contributed by atoms with Gasteiger partial charge in [0, 0.05) is 0 Å². The van der Waals surface area contributed by atoms with Crippen LogP contribution in [0.25, 0.3) is 0 Å². The molecule has 8 nitrogen and oxygen atoms in total. The molecule has 0 atom stereocenters. The third-order valence-corrected chi connectivity index (χ3v) is 4.66. The molecule has 0 aliphatic heterocycles. The summed E-state index contributed by atoms with van der Waals surface area (Å²) in [7, 11) is 0. The van der Waals surface area contributed by atoms with Crippen LogP contribution in [-0.2, 0) is 0 Å². The number of hydrogen-bond donors (Lipinski definition) is 2.